The molecular weight excluding hydrogens is 199 g/mol. The van der Waals surface area contributed by atoms with Gasteiger partial charge in [0.25, 0.3) is 0 Å². The minimum absolute atomic E-state index is 0.397. The molecule has 4 heteroatoms. The number of hydrogen-bond donors (Lipinski definition) is 0. The lowest BCUT2D eigenvalue weighted by atomic mass is 10.1. The zero-order chi connectivity index (χ0) is 11.5. The number of rotatable bonds is 2. The third-order valence-electron chi connectivity index (χ3n) is 2.72. The number of fused-ring (bicyclic) bond motifs is 1. The lowest BCUT2D eigenvalue weighted by molar-refractivity contribution is 0.264. The van der Waals surface area contributed by atoms with Crippen LogP contribution in [0.4, 0.5) is 16.2 Å². The highest BCUT2D eigenvalue weighted by atomic mass is 16.1. The van der Waals surface area contributed by atoms with Crippen LogP contribution in [-0.2, 0) is 0 Å². The molecule has 0 saturated carbocycles. The topological polar surface area (TPSA) is 23.6 Å². The Hall–Kier alpha value is -1.71. The van der Waals surface area contributed by atoms with Gasteiger partial charge in [-0.3, -0.25) is 4.79 Å². The molecule has 0 fully saturated rings. The van der Waals surface area contributed by atoms with Gasteiger partial charge in [-0.15, -0.1) is 6.58 Å². The molecule has 2 radical (unpaired) electrons. The molecule has 0 N–H and O–H groups in total. The van der Waals surface area contributed by atoms with Crippen LogP contribution in [0.15, 0.2) is 36.9 Å². The van der Waals surface area contributed by atoms with E-state index in [9.17, 15) is 4.79 Å². The molecule has 0 spiro atoms. The van der Waals surface area contributed by atoms with Gasteiger partial charge in [0, 0.05) is 19.6 Å². The normalized spacial score (nSPS) is 14.5. The van der Waals surface area contributed by atoms with Crippen LogP contribution in [0, 0.1) is 0 Å². The summed E-state index contributed by atoms with van der Waals surface area (Å²) in [4.78, 5) is 15.1. The Morgan fingerprint density at radius 2 is 2.06 bits per heavy atom. The molecule has 80 valence electrons. The monoisotopic (exact) mass is 212 g/mol. The van der Waals surface area contributed by atoms with E-state index in [1.54, 1.807) is 4.90 Å². The SMILES string of the molecule is [B]C(=O)N1CCN(CC=C)c2ccccc21. The predicted molar refractivity (Wildman–Crippen MR) is 67.3 cm³/mol. The summed E-state index contributed by atoms with van der Waals surface area (Å²) < 4.78 is 0. The quantitative estimate of drug-likeness (QED) is 0.551. The summed E-state index contributed by atoms with van der Waals surface area (Å²) in [5.74, 6) is -0.397. The lowest BCUT2D eigenvalue weighted by Crippen LogP contribution is -2.43. The number of hydrogen-bond acceptors (Lipinski definition) is 2. The van der Waals surface area contributed by atoms with E-state index < -0.39 is 5.81 Å². The zero-order valence-corrected chi connectivity index (χ0v) is 9.10. The maximum Gasteiger partial charge on any atom is 0.201 e. The Bertz CT molecular complexity index is 419. The molecule has 16 heavy (non-hydrogen) atoms. The Morgan fingerprint density at radius 3 is 2.69 bits per heavy atom. The number of nitrogens with zero attached hydrogens (tertiary/aromatic N) is 2. The summed E-state index contributed by atoms with van der Waals surface area (Å²) in [6.07, 6.45) is 1.86. The fourth-order valence-corrected chi connectivity index (χ4v) is 2.00. The van der Waals surface area contributed by atoms with Crippen molar-refractivity contribution >= 4 is 25.0 Å². The van der Waals surface area contributed by atoms with E-state index in [2.05, 4.69) is 11.5 Å². The van der Waals surface area contributed by atoms with Crippen molar-refractivity contribution in [3.05, 3.63) is 36.9 Å². The number of amides is 1. The maximum atomic E-state index is 11.3. The number of para-hydroxylation sites is 2. The predicted octanol–water partition coefficient (Wildman–Crippen LogP) is 1.79. The van der Waals surface area contributed by atoms with Gasteiger partial charge in [-0.1, -0.05) is 18.2 Å². The van der Waals surface area contributed by atoms with Crippen molar-refractivity contribution in [3.8, 4) is 0 Å². The fraction of sp³-hybridized carbons (Fsp3) is 0.250. The van der Waals surface area contributed by atoms with E-state index in [4.69, 9.17) is 7.85 Å². The number of carbonyl (C=O) groups excluding carboxylic acids is 1. The first-order valence-corrected chi connectivity index (χ1v) is 5.26. The second-order valence-electron chi connectivity index (χ2n) is 3.71. The third-order valence-corrected chi connectivity index (χ3v) is 2.72. The summed E-state index contributed by atoms with van der Waals surface area (Å²) in [6.45, 7) is 5.93. The highest BCUT2D eigenvalue weighted by molar-refractivity contribution is 6.60. The molecule has 1 heterocycles. The maximum absolute atomic E-state index is 11.3. The molecular formula is C12H13BN2O. The second kappa shape index (κ2) is 4.43. The minimum Gasteiger partial charge on any atom is -0.364 e. The van der Waals surface area contributed by atoms with Gasteiger partial charge in [-0.2, -0.15) is 0 Å². The van der Waals surface area contributed by atoms with Gasteiger partial charge in [0.2, 0.25) is 7.85 Å². The summed E-state index contributed by atoms with van der Waals surface area (Å²) in [5.41, 5.74) is 1.91. The van der Waals surface area contributed by atoms with Crippen LogP contribution >= 0.6 is 0 Å². The minimum atomic E-state index is -0.397. The molecule has 1 aromatic rings. The van der Waals surface area contributed by atoms with Crippen molar-refractivity contribution in [2.75, 3.05) is 29.4 Å². The van der Waals surface area contributed by atoms with Gasteiger partial charge in [0.05, 0.1) is 11.4 Å². The Kier molecular flexibility index (Phi) is 2.99. The standard InChI is InChI=1S/C12H13BN2O/c1-2-7-14-8-9-15(12(13)16)11-6-4-3-5-10(11)14/h2-6H,1,7-9H2. The average Bonchev–Trinajstić information content (AvgIpc) is 2.29. The van der Waals surface area contributed by atoms with Crippen molar-refractivity contribution in [1.82, 2.24) is 0 Å². The molecule has 3 nitrogen and oxygen atoms in total. The van der Waals surface area contributed by atoms with E-state index in [0.717, 1.165) is 24.5 Å². The van der Waals surface area contributed by atoms with Crippen LogP contribution < -0.4 is 9.80 Å². The van der Waals surface area contributed by atoms with Gasteiger partial charge < -0.3 is 9.80 Å². The molecule has 0 saturated heterocycles. The highest BCUT2D eigenvalue weighted by Crippen LogP contribution is 2.32. The average molecular weight is 212 g/mol. The Morgan fingerprint density at radius 1 is 1.38 bits per heavy atom. The van der Waals surface area contributed by atoms with Crippen molar-refractivity contribution in [1.29, 1.82) is 0 Å². The smallest absolute Gasteiger partial charge is 0.201 e. The van der Waals surface area contributed by atoms with E-state index >= 15 is 0 Å². The Balaban J connectivity index is 2.39. The zero-order valence-electron chi connectivity index (χ0n) is 9.10. The van der Waals surface area contributed by atoms with Crippen molar-refractivity contribution < 1.29 is 4.79 Å². The number of anilines is 2. The molecule has 1 aromatic carbocycles. The highest BCUT2D eigenvalue weighted by Gasteiger charge is 2.22. The number of carbonyl (C=O) groups is 1. The van der Waals surface area contributed by atoms with Gasteiger partial charge in [-0.25, -0.2) is 0 Å². The summed E-state index contributed by atoms with van der Waals surface area (Å²) in [5, 5.41) is 0. The van der Waals surface area contributed by atoms with Crippen LogP contribution in [0.3, 0.4) is 0 Å². The van der Waals surface area contributed by atoms with Crippen molar-refractivity contribution in [2.24, 2.45) is 0 Å². The molecule has 0 unspecified atom stereocenters. The first-order chi connectivity index (χ1) is 7.74. The summed E-state index contributed by atoms with van der Waals surface area (Å²) >= 11 is 0. The second-order valence-corrected chi connectivity index (χ2v) is 3.71. The van der Waals surface area contributed by atoms with Crippen LogP contribution in [0.5, 0.6) is 0 Å². The van der Waals surface area contributed by atoms with Crippen LogP contribution in [0.2, 0.25) is 0 Å². The largest absolute Gasteiger partial charge is 0.364 e. The molecule has 1 aliphatic heterocycles. The van der Waals surface area contributed by atoms with Gasteiger partial charge >= 0.3 is 0 Å². The van der Waals surface area contributed by atoms with E-state index in [-0.39, 0.29) is 0 Å². The molecule has 1 aliphatic rings. The van der Waals surface area contributed by atoms with Crippen LogP contribution in [-0.4, -0.2) is 33.3 Å². The third kappa shape index (κ3) is 1.83. The Labute approximate surface area is 96.8 Å². The van der Waals surface area contributed by atoms with Crippen molar-refractivity contribution in [2.45, 2.75) is 0 Å². The van der Waals surface area contributed by atoms with Gasteiger partial charge in [0.1, 0.15) is 0 Å². The molecule has 0 aromatic heterocycles. The number of benzene rings is 1. The molecule has 0 atom stereocenters. The van der Waals surface area contributed by atoms with E-state index in [1.165, 1.54) is 0 Å². The van der Waals surface area contributed by atoms with Crippen LogP contribution in [0.25, 0.3) is 0 Å². The van der Waals surface area contributed by atoms with Gasteiger partial charge in [0.15, 0.2) is 5.81 Å². The summed E-state index contributed by atoms with van der Waals surface area (Å²) in [6, 6.07) is 7.77. The fourth-order valence-electron chi connectivity index (χ4n) is 2.00. The molecule has 0 aliphatic carbocycles. The molecule has 2 rings (SSSR count). The summed E-state index contributed by atoms with van der Waals surface area (Å²) in [7, 11) is 5.35. The van der Waals surface area contributed by atoms with E-state index in [0.29, 0.717) is 6.54 Å². The van der Waals surface area contributed by atoms with Crippen LogP contribution in [0.1, 0.15) is 0 Å². The molecule has 0 bridgehead atoms. The van der Waals surface area contributed by atoms with Gasteiger partial charge in [-0.05, 0) is 12.1 Å². The lowest BCUT2D eigenvalue weighted by Gasteiger charge is -2.37. The van der Waals surface area contributed by atoms with Crippen molar-refractivity contribution in [3.63, 3.8) is 0 Å². The first kappa shape index (κ1) is 10.8. The molecule has 1 amide bonds. The first-order valence-electron chi connectivity index (χ1n) is 5.26. The van der Waals surface area contributed by atoms with E-state index in [1.807, 2.05) is 30.3 Å².